The number of carboxylic acids is 1. The van der Waals surface area contributed by atoms with Gasteiger partial charge in [0.15, 0.2) is 0 Å². The second-order valence-electron chi connectivity index (χ2n) is 8.10. The predicted octanol–water partition coefficient (Wildman–Crippen LogP) is 0.916. The Hall–Kier alpha value is -4.48. The highest BCUT2D eigenvalue weighted by Gasteiger charge is 2.27. The molecule has 12 nitrogen and oxygen atoms in total. The minimum Gasteiger partial charge on any atom is -0.481 e. The molecule has 1 atom stereocenters. The van der Waals surface area contributed by atoms with E-state index in [9.17, 15) is 14.4 Å². The molecule has 2 aromatic rings. The number of pyridine rings is 1. The molecule has 1 saturated heterocycles. The summed E-state index contributed by atoms with van der Waals surface area (Å²) < 4.78 is 5.01. The van der Waals surface area contributed by atoms with Crippen molar-refractivity contribution in [3.05, 3.63) is 59.9 Å². The summed E-state index contributed by atoms with van der Waals surface area (Å²) in [5, 5.41) is 17.7. The number of anilines is 1. The van der Waals surface area contributed by atoms with Crippen molar-refractivity contribution >= 4 is 35.3 Å². The van der Waals surface area contributed by atoms with Crippen LogP contribution in [0.5, 0.6) is 0 Å². The van der Waals surface area contributed by atoms with Gasteiger partial charge in [0.2, 0.25) is 11.8 Å². The van der Waals surface area contributed by atoms with E-state index in [4.69, 9.17) is 25.8 Å². The van der Waals surface area contributed by atoms with Crippen molar-refractivity contribution in [3.8, 4) is 0 Å². The molecular weight excluding hydrogens is 480 g/mol. The molecule has 0 bridgehead atoms. The summed E-state index contributed by atoms with van der Waals surface area (Å²) in [6.45, 7) is 4.02. The number of aliphatic carboxylic acids is 1. The fourth-order valence-electron chi connectivity index (χ4n) is 3.56. The molecule has 0 aliphatic carbocycles. The van der Waals surface area contributed by atoms with E-state index >= 15 is 0 Å². The fraction of sp³-hybridized carbons (Fsp3) is 0.360. The topological polar surface area (TPSA) is 179 Å². The number of piperazine rings is 1. The SMILES string of the molecule is CC(=O)O.CCOC(=O)CC(NC(=O)CN1CCN(c2ccc(C(=N)N)cc2)CC1=O)c1ccccn1. The normalized spacial score (nSPS) is 13.6. The summed E-state index contributed by atoms with van der Waals surface area (Å²) >= 11 is 0. The summed E-state index contributed by atoms with van der Waals surface area (Å²) in [6.07, 6.45) is 1.54. The monoisotopic (exact) mass is 512 g/mol. The van der Waals surface area contributed by atoms with Crippen LogP contribution in [0.2, 0.25) is 0 Å². The van der Waals surface area contributed by atoms with E-state index in [1.165, 1.54) is 4.90 Å². The van der Waals surface area contributed by atoms with Crippen LogP contribution in [-0.4, -0.2) is 77.4 Å². The molecule has 0 spiro atoms. The first-order chi connectivity index (χ1) is 17.6. The van der Waals surface area contributed by atoms with Crippen LogP contribution in [0, 0.1) is 5.41 Å². The van der Waals surface area contributed by atoms with Gasteiger partial charge in [0.05, 0.1) is 37.9 Å². The van der Waals surface area contributed by atoms with Gasteiger partial charge in [-0.25, -0.2) is 0 Å². The molecule has 198 valence electrons. The molecule has 0 radical (unpaired) electrons. The summed E-state index contributed by atoms with van der Waals surface area (Å²) in [5.74, 6) is -1.83. The van der Waals surface area contributed by atoms with Crippen molar-refractivity contribution in [2.24, 2.45) is 5.73 Å². The average molecular weight is 513 g/mol. The van der Waals surface area contributed by atoms with E-state index < -0.39 is 18.0 Å². The van der Waals surface area contributed by atoms with Gasteiger partial charge in [0.25, 0.3) is 5.97 Å². The highest BCUT2D eigenvalue weighted by Crippen LogP contribution is 2.18. The van der Waals surface area contributed by atoms with Gasteiger partial charge in [-0.3, -0.25) is 29.6 Å². The predicted molar refractivity (Wildman–Crippen MR) is 136 cm³/mol. The van der Waals surface area contributed by atoms with Crippen LogP contribution >= 0.6 is 0 Å². The van der Waals surface area contributed by atoms with Crippen LogP contribution in [0.15, 0.2) is 48.7 Å². The molecular formula is C25H32N6O6. The summed E-state index contributed by atoms with van der Waals surface area (Å²) in [7, 11) is 0. The highest BCUT2D eigenvalue weighted by molar-refractivity contribution is 5.95. The second kappa shape index (κ2) is 14.2. The largest absolute Gasteiger partial charge is 0.481 e. The smallest absolute Gasteiger partial charge is 0.308 e. The first-order valence-electron chi connectivity index (χ1n) is 11.6. The first kappa shape index (κ1) is 28.8. The van der Waals surface area contributed by atoms with E-state index in [0.717, 1.165) is 12.6 Å². The molecule has 2 heterocycles. The fourth-order valence-corrected chi connectivity index (χ4v) is 3.56. The zero-order valence-electron chi connectivity index (χ0n) is 20.8. The molecule has 1 fully saturated rings. The number of benzene rings is 1. The van der Waals surface area contributed by atoms with E-state index in [2.05, 4.69) is 10.3 Å². The Morgan fingerprint density at radius 1 is 1.19 bits per heavy atom. The van der Waals surface area contributed by atoms with Crippen LogP contribution in [0.3, 0.4) is 0 Å². The highest BCUT2D eigenvalue weighted by atomic mass is 16.5. The van der Waals surface area contributed by atoms with Crippen molar-refractivity contribution < 1.29 is 29.0 Å². The number of amidine groups is 1. The summed E-state index contributed by atoms with van der Waals surface area (Å²) in [5.41, 5.74) is 7.49. The van der Waals surface area contributed by atoms with Gasteiger partial charge in [-0.2, -0.15) is 0 Å². The van der Waals surface area contributed by atoms with Gasteiger partial charge >= 0.3 is 5.97 Å². The van der Waals surface area contributed by atoms with Crippen LogP contribution in [0.25, 0.3) is 0 Å². The number of carboxylic acid groups (broad SMARTS) is 1. The van der Waals surface area contributed by atoms with Gasteiger partial charge in [0.1, 0.15) is 5.84 Å². The Labute approximate surface area is 214 Å². The number of nitrogens with zero attached hydrogens (tertiary/aromatic N) is 3. The molecule has 1 aromatic carbocycles. The van der Waals surface area contributed by atoms with Crippen molar-refractivity contribution in [2.75, 3.05) is 37.7 Å². The number of carbonyl (C=O) groups is 4. The minimum atomic E-state index is -0.833. The molecule has 12 heteroatoms. The number of nitrogen functional groups attached to an aromatic ring is 1. The molecule has 3 rings (SSSR count). The maximum Gasteiger partial charge on any atom is 0.308 e. The van der Waals surface area contributed by atoms with Gasteiger partial charge < -0.3 is 30.7 Å². The molecule has 1 unspecified atom stereocenters. The molecule has 2 amide bonds. The lowest BCUT2D eigenvalue weighted by molar-refractivity contribution is -0.144. The number of aromatic nitrogens is 1. The van der Waals surface area contributed by atoms with E-state index in [1.54, 1.807) is 43.5 Å². The number of nitrogens with two attached hydrogens (primary N) is 1. The zero-order chi connectivity index (χ0) is 27.4. The quantitative estimate of drug-likeness (QED) is 0.216. The number of nitrogens with one attached hydrogen (secondary N) is 2. The second-order valence-corrected chi connectivity index (χ2v) is 8.10. The van der Waals surface area contributed by atoms with Gasteiger partial charge in [0, 0.05) is 37.5 Å². The maximum atomic E-state index is 12.7. The number of ether oxygens (including phenoxy) is 1. The average Bonchev–Trinajstić information content (AvgIpc) is 2.85. The Bertz CT molecular complexity index is 1090. The lowest BCUT2D eigenvalue weighted by atomic mass is 10.1. The van der Waals surface area contributed by atoms with Gasteiger partial charge in [-0.15, -0.1) is 0 Å². The lowest BCUT2D eigenvalue weighted by Crippen LogP contribution is -2.53. The van der Waals surface area contributed by atoms with Crippen molar-refractivity contribution in [3.63, 3.8) is 0 Å². The summed E-state index contributed by atoms with van der Waals surface area (Å²) in [4.78, 5) is 54.0. The third kappa shape index (κ3) is 9.59. The number of hydrogen-bond donors (Lipinski definition) is 4. The number of rotatable bonds is 9. The van der Waals surface area contributed by atoms with E-state index in [-0.39, 0.29) is 43.8 Å². The van der Waals surface area contributed by atoms with E-state index in [1.807, 2.05) is 17.0 Å². The maximum absolute atomic E-state index is 12.7. The molecule has 1 aliphatic rings. The van der Waals surface area contributed by atoms with Crippen LogP contribution < -0.4 is 16.0 Å². The van der Waals surface area contributed by atoms with Gasteiger partial charge in [-0.1, -0.05) is 6.07 Å². The molecule has 1 aromatic heterocycles. The molecule has 1 aliphatic heterocycles. The Morgan fingerprint density at radius 3 is 2.41 bits per heavy atom. The molecule has 5 N–H and O–H groups in total. The Morgan fingerprint density at radius 2 is 1.86 bits per heavy atom. The number of amides is 2. The Kier molecular flexibility index (Phi) is 11.0. The lowest BCUT2D eigenvalue weighted by Gasteiger charge is -2.35. The van der Waals surface area contributed by atoms with Gasteiger partial charge in [-0.05, 0) is 43.3 Å². The van der Waals surface area contributed by atoms with Crippen LogP contribution in [0.1, 0.15) is 37.6 Å². The number of hydrogen-bond acceptors (Lipinski definition) is 8. The van der Waals surface area contributed by atoms with E-state index in [0.29, 0.717) is 24.3 Å². The van der Waals surface area contributed by atoms with Crippen LogP contribution in [0.4, 0.5) is 5.69 Å². The minimum absolute atomic E-state index is 0.0135. The first-order valence-corrected chi connectivity index (χ1v) is 11.6. The Balaban J connectivity index is 0.00000112. The third-order valence-corrected chi connectivity index (χ3v) is 5.25. The molecule has 0 saturated carbocycles. The van der Waals surface area contributed by atoms with Crippen LogP contribution in [-0.2, 0) is 23.9 Å². The zero-order valence-corrected chi connectivity index (χ0v) is 20.8. The van der Waals surface area contributed by atoms with Crippen molar-refractivity contribution in [2.45, 2.75) is 26.3 Å². The van der Waals surface area contributed by atoms with Crippen molar-refractivity contribution in [1.29, 1.82) is 5.41 Å². The summed E-state index contributed by atoms with van der Waals surface area (Å²) in [6, 6.07) is 11.7. The standard InChI is InChI=1S/C23H28N6O4.C2H4O2/c1-2-33-22(32)13-19(18-5-3-4-10-26-18)27-20(30)14-29-12-11-28(15-21(29)31)17-8-6-16(7-9-17)23(24)25;1-2(3)4/h3-10,19H,2,11-15H2,1H3,(H3,24,25)(H,27,30);1H3,(H,3,4). The molecule has 37 heavy (non-hydrogen) atoms. The third-order valence-electron chi connectivity index (χ3n) is 5.25. The number of carbonyl (C=O) groups excluding carboxylic acids is 3. The number of esters is 1. The van der Waals surface area contributed by atoms with Crippen molar-refractivity contribution in [1.82, 2.24) is 15.2 Å².